The summed E-state index contributed by atoms with van der Waals surface area (Å²) in [6, 6.07) is 19.2. The largest absolute Gasteiger partial charge is 0.427 e. The van der Waals surface area contributed by atoms with E-state index < -0.39 is 10.0 Å². The van der Waals surface area contributed by atoms with Crippen LogP contribution in [0.25, 0.3) is 11.4 Å². The molecule has 4 rings (SSSR count). The number of nitrogens with one attached hydrogen (secondary N) is 1. The Morgan fingerprint density at radius 3 is 2.07 bits per heavy atom. The van der Waals surface area contributed by atoms with Crippen molar-refractivity contribution in [3.05, 3.63) is 96.6 Å². The van der Waals surface area contributed by atoms with Crippen LogP contribution < -0.4 is 4.72 Å². The number of hydrogen-bond donors (Lipinski definition) is 2. The molecule has 0 spiro atoms. The number of imidazole rings is 1. The van der Waals surface area contributed by atoms with Crippen molar-refractivity contribution in [2.24, 2.45) is 0 Å². The van der Waals surface area contributed by atoms with Gasteiger partial charge in [-0.25, -0.2) is 13.4 Å². The van der Waals surface area contributed by atoms with Crippen LogP contribution in [0.5, 0.6) is 0 Å². The molecule has 154 valence electrons. The number of sulfonamides is 1. The van der Waals surface area contributed by atoms with Crippen LogP contribution in [0, 0.1) is 13.8 Å². The molecule has 4 aromatic rings. The minimum Gasteiger partial charge on any atom is -0.427 e. The van der Waals surface area contributed by atoms with E-state index in [-0.39, 0.29) is 4.90 Å². The SMILES string of the molecule is Cc1cn(O)c(-c2ccc(NS(=O)(=O)c3ccccc3C)cc2)n1.c1ccncc1. The Labute approximate surface area is 175 Å². The normalized spacial score (nSPS) is 10.7. The molecule has 0 saturated heterocycles. The fourth-order valence-electron chi connectivity index (χ4n) is 2.75. The number of hydrogen-bond acceptors (Lipinski definition) is 5. The maximum absolute atomic E-state index is 12.5. The molecule has 2 N–H and O–H groups in total. The van der Waals surface area contributed by atoms with Crippen molar-refractivity contribution in [1.82, 2.24) is 14.7 Å². The molecular weight excluding hydrogens is 400 g/mol. The summed E-state index contributed by atoms with van der Waals surface area (Å²) in [5.41, 5.74) is 2.50. The van der Waals surface area contributed by atoms with Crippen LogP contribution in [-0.4, -0.2) is 28.3 Å². The number of benzene rings is 2. The van der Waals surface area contributed by atoms with Crippen molar-refractivity contribution < 1.29 is 13.6 Å². The summed E-state index contributed by atoms with van der Waals surface area (Å²) in [4.78, 5) is 8.25. The van der Waals surface area contributed by atoms with Gasteiger partial charge in [0.15, 0.2) is 5.82 Å². The highest BCUT2D eigenvalue weighted by atomic mass is 32.2. The lowest BCUT2D eigenvalue weighted by Crippen LogP contribution is -2.14. The zero-order valence-electron chi connectivity index (χ0n) is 16.6. The smallest absolute Gasteiger partial charge is 0.262 e. The van der Waals surface area contributed by atoms with Crippen molar-refractivity contribution in [2.75, 3.05) is 4.72 Å². The molecule has 2 heterocycles. The lowest BCUT2D eigenvalue weighted by Gasteiger charge is -2.10. The van der Waals surface area contributed by atoms with Gasteiger partial charge in [0, 0.05) is 23.6 Å². The van der Waals surface area contributed by atoms with Gasteiger partial charge in [0.2, 0.25) is 0 Å². The molecule has 7 nitrogen and oxygen atoms in total. The molecule has 0 aliphatic heterocycles. The van der Waals surface area contributed by atoms with Crippen molar-refractivity contribution in [2.45, 2.75) is 18.7 Å². The molecule has 0 aliphatic carbocycles. The van der Waals surface area contributed by atoms with Gasteiger partial charge in [0.25, 0.3) is 10.0 Å². The van der Waals surface area contributed by atoms with Crippen molar-refractivity contribution in [3.63, 3.8) is 0 Å². The van der Waals surface area contributed by atoms with Gasteiger partial charge in [-0.1, -0.05) is 24.3 Å². The summed E-state index contributed by atoms with van der Waals surface area (Å²) in [6.07, 6.45) is 5.00. The molecule has 0 atom stereocenters. The first-order valence-electron chi connectivity index (χ1n) is 9.16. The minimum atomic E-state index is -3.65. The van der Waals surface area contributed by atoms with Crippen LogP contribution >= 0.6 is 0 Å². The van der Waals surface area contributed by atoms with Gasteiger partial charge >= 0.3 is 0 Å². The molecule has 0 unspecified atom stereocenters. The molecule has 0 saturated carbocycles. The van der Waals surface area contributed by atoms with Gasteiger partial charge in [-0.2, -0.15) is 4.73 Å². The van der Waals surface area contributed by atoms with Gasteiger partial charge in [-0.15, -0.1) is 0 Å². The second-order valence-electron chi connectivity index (χ2n) is 6.52. The maximum atomic E-state index is 12.5. The van der Waals surface area contributed by atoms with Crippen molar-refractivity contribution in [1.29, 1.82) is 0 Å². The fourth-order valence-corrected chi connectivity index (χ4v) is 4.06. The maximum Gasteiger partial charge on any atom is 0.262 e. The zero-order valence-corrected chi connectivity index (χ0v) is 17.4. The van der Waals surface area contributed by atoms with E-state index in [1.165, 1.54) is 6.20 Å². The second kappa shape index (κ2) is 9.23. The van der Waals surface area contributed by atoms with Gasteiger partial charge in [0.1, 0.15) is 0 Å². The standard InChI is InChI=1S/C17H17N3O3S.C5H5N/c1-12-5-3-4-6-16(12)24(22,23)19-15-9-7-14(8-10-15)17-18-13(2)11-20(17)21;1-2-4-6-5-3-1/h3-11,19,21H,1-2H3;1-5H. The molecule has 0 bridgehead atoms. The van der Waals surface area contributed by atoms with Gasteiger partial charge in [0.05, 0.1) is 16.8 Å². The van der Waals surface area contributed by atoms with E-state index in [1.807, 2.05) is 18.2 Å². The number of aromatic nitrogens is 3. The molecule has 0 fully saturated rings. The van der Waals surface area contributed by atoms with Crippen molar-refractivity contribution >= 4 is 15.7 Å². The summed E-state index contributed by atoms with van der Waals surface area (Å²) in [6.45, 7) is 3.53. The summed E-state index contributed by atoms with van der Waals surface area (Å²) in [5, 5.41) is 9.76. The van der Waals surface area contributed by atoms with E-state index in [4.69, 9.17) is 0 Å². The van der Waals surface area contributed by atoms with E-state index in [9.17, 15) is 13.6 Å². The molecule has 0 radical (unpaired) electrons. The highest BCUT2D eigenvalue weighted by Crippen LogP contribution is 2.23. The topological polar surface area (TPSA) is 97.1 Å². The van der Waals surface area contributed by atoms with E-state index in [0.717, 1.165) is 4.73 Å². The minimum absolute atomic E-state index is 0.246. The lowest BCUT2D eigenvalue weighted by atomic mass is 10.2. The third-order valence-electron chi connectivity index (χ3n) is 4.15. The van der Waals surface area contributed by atoms with Crippen LogP contribution in [-0.2, 0) is 10.0 Å². The summed E-state index contributed by atoms with van der Waals surface area (Å²) < 4.78 is 28.4. The van der Waals surface area contributed by atoms with Gasteiger partial charge < -0.3 is 5.21 Å². The van der Waals surface area contributed by atoms with E-state index in [2.05, 4.69) is 14.7 Å². The number of anilines is 1. The number of nitrogens with zero attached hydrogens (tertiary/aromatic N) is 3. The molecular formula is C22H22N4O3S. The first-order chi connectivity index (χ1) is 14.4. The zero-order chi connectivity index (χ0) is 21.6. The molecule has 2 aromatic carbocycles. The Morgan fingerprint density at radius 2 is 1.57 bits per heavy atom. The second-order valence-corrected chi connectivity index (χ2v) is 8.17. The molecule has 0 amide bonds. The Bertz CT molecular complexity index is 1180. The molecule has 30 heavy (non-hydrogen) atoms. The van der Waals surface area contributed by atoms with E-state index >= 15 is 0 Å². The quantitative estimate of drug-likeness (QED) is 0.478. The Balaban J connectivity index is 0.000000367. The summed E-state index contributed by atoms with van der Waals surface area (Å²) >= 11 is 0. The van der Waals surface area contributed by atoms with Crippen LogP contribution in [0.4, 0.5) is 5.69 Å². The molecule has 0 aliphatic rings. The average molecular weight is 423 g/mol. The first kappa shape index (κ1) is 21.1. The Hall–Kier alpha value is -3.65. The Kier molecular flexibility index (Phi) is 6.48. The third kappa shape index (κ3) is 5.24. The van der Waals surface area contributed by atoms with Crippen LogP contribution in [0.15, 0.2) is 90.2 Å². The van der Waals surface area contributed by atoms with Crippen LogP contribution in [0.3, 0.4) is 0 Å². The van der Waals surface area contributed by atoms with E-state index in [0.29, 0.717) is 28.3 Å². The predicted molar refractivity (Wildman–Crippen MR) is 116 cm³/mol. The number of pyridine rings is 1. The van der Waals surface area contributed by atoms with Gasteiger partial charge in [-0.3, -0.25) is 9.71 Å². The highest BCUT2D eigenvalue weighted by Gasteiger charge is 2.16. The lowest BCUT2D eigenvalue weighted by molar-refractivity contribution is 0.190. The first-order valence-corrected chi connectivity index (χ1v) is 10.6. The van der Waals surface area contributed by atoms with Crippen LogP contribution in [0.1, 0.15) is 11.3 Å². The number of aryl methyl sites for hydroxylation is 2. The highest BCUT2D eigenvalue weighted by molar-refractivity contribution is 7.92. The third-order valence-corrected chi connectivity index (χ3v) is 5.69. The Morgan fingerprint density at radius 1 is 0.900 bits per heavy atom. The summed E-state index contributed by atoms with van der Waals surface area (Å²) in [7, 11) is -3.65. The molecule has 8 heteroatoms. The van der Waals surface area contributed by atoms with Crippen LogP contribution in [0.2, 0.25) is 0 Å². The number of rotatable bonds is 4. The van der Waals surface area contributed by atoms with Crippen molar-refractivity contribution in [3.8, 4) is 11.4 Å². The van der Waals surface area contributed by atoms with Gasteiger partial charge in [-0.05, 0) is 61.9 Å². The molecule has 2 aromatic heterocycles. The average Bonchev–Trinajstić information content (AvgIpc) is 3.08. The predicted octanol–water partition coefficient (Wildman–Crippen LogP) is 4.29. The van der Waals surface area contributed by atoms with E-state index in [1.54, 1.807) is 74.8 Å². The fraction of sp³-hybridized carbons (Fsp3) is 0.0909. The monoisotopic (exact) mass is 422 g/mol. The summed E-state index contributed by atoms with van der Waals surface area (Å²) in [5.74, 6) is 0.404.